The molecule has 3 fully saturated rings. The van der Waals surface area contributed by atoms with E-state index in [-0.39, 0.29) is 30.1 Å². The predicted molar refractivity (Wildman–Crippen MR) is 143 cm³/mol. The molecule has 0 bridgehead atoms. The topological polar surface area (TPSA) is 106 Å². The van der Waals surface area contributed by atoms with E-state index in [1.165, 1.54) is 6.07 Å². The molecule has 1 aromatic rings. The fraction of sp³-hybridized carbons (Fsp3) is 0.667. The lowest BCUT2D eigenvalue weighted by Crippen LogP contribution is -2.49. The summed E-state index contributed by atoms with van der Waals surface area (Å²) in [5.74, 6) is -1.50. The van der Waals surface area contributed by atoms with E-state index in [2.05, 4.69) is 21.0 Å². The van der Waals surface area contributed by atoms with Crippen LogP contribution in [0.25, 0.3) is 0 Å². The third-order valence-corrected chi connectivity index (χ3v) is 7.43. The van der Waals surface area contributed by atoms with Crippen molar-refractivity contribution in [2.24, 2.45) is 5.92 Å². The number of piperazine rings is 1. The number of hydrogen-bond donors (Lipinski definition) is 3. The number of benzene rings is 1. The fourth-order valence-corrected chi connectivity index (χ4v) is 5.25. The Labute approximate surface area is 228 Å². The van der Waals surface area contributed by atoms with Crippen molar-refractivity contribution in [3.05, 3.63) is 23.8 Å². The lowest BCUT2D eigenvalue weighted by Gasteiger charge is -2.38. The molecule has 0 spiro atoms. The number of ether oxygens (including phenoxy) is 1. The van der Waals surface area contributed by atoms with E-state index >= 15 is 0 Å². The number of imide groups is 1. The van der Waals surface area contributed by atoms with Gasteiger partial charge in [-0.15, -0.1) is 0 Å². The van der Waals surface area contributed by atoms with Gasteiger partial charge in [-0.05, 0) is 58.9 Å². The minimum absolute atomic E-state index is 0.0864. The van der Waals surface area contributed by atoms with Gasteiger partial charge in [-0.2, -0.15) is 0 Å². The normalized spacial score (nSPS) is 22.0. The van der Waals surface area contributed by atoms with Crippen molar-refractivity contribution in [3.8, 4) is 0 Å². The highest BCUT2D eigenvalue weighted by atomic mass is 19.1. The molecule has 12 heteroatoms. The third-order valence-electron chi connectivity index (χ3n) is 7.43. The van der Waals surface area contributed by atoms with Crippen molar-refractivity contribution in [1.82, 2.24) is 20.7 Å². The van der Waals surface area contributed by atoms with E-state index in [1.807, 2.05) is 30.7 Å². The average molecular weight is 551 g/mol. The minimum atomic E-state index is -0.778. The van der Waals surface area contributed by atoms with E-state index < -0.39 is 35.3 Å². The maximum absolute atomic E-state index is 15.0. The number of anilines is 2. The summed E-state index contributed by atoms with van der Waals surface area (Å²) >= 11 is 0. The molecule has 1 aromatic carbocycles. The van der Waals surface area contributed by atoms with Gasteiger partial charge in [-0.1, -0.05) is 0 Å². The lowest BCUT2D eigenvalue weighted by atomic mass is 9.94. The highest BCUT2D eigenvalue weighted by molar-refractivity contribution is 6.01. The van der Waals surface area contributed by atoms with Crippen molar-refractivity contribution in [3.63, 3.8) is 0 Å². The number of halogens is 2. The number of piperidine rings is 2. The average Bonchev–Trinajstić information content (AvgIpc) is 2.86. The number of hydrogen-bond acceptors (Lipinski definition) is 8. The summed E-state index contributed by atoms with van der Waals surface area (Å²) < 4.78 is 35.1. The fourth-order valence-electron chi connectivity index (χ4n) is 5.25. The van der Waals surface area contributed by atoms with Crippen LogP contribution in [0.1, 0.15) is 52.9 Å². The van der Waals surface area contributed by atoms with E-state index in [0.29, 0.717) is 19.0 Å². The molecule has 216 valence electrons. The number of carbonyl (C=O) groups is 3. The molecule has 0 saturated carbocycles. The number of hydrazine groups is 1. The van der Waals surface area contributed by atoms with Crippen LogP contribution in [0.4, 0.5) is 25.0 Å². The summed E-state index contributed by atoms with van der Waals surface area (Å²) in [7, 11) is 0. The van der Waals surface area contributed by atoms with Gasteiger partial charge < -0.3 is 15.0 Å². The molecule has 0 aromatic heterocycles. The summed E-state index contributed by atoms with van der Waals surface area (Å²) in [5.41, 5.74) is 2.43. The molecule has 3 aliphatic rings. The number of amides is 3. The monoisotopic (exact) mass is 550 g/mol. The summed E-state index contributed by atoms with van der Waals surface area (Å²) in [6.07, 6.45) is 3.02. The molecule has 3 saturated heterocycles. The van der Waals surface area contributed by atoms with Crippen molar-refractivity contribution < 1.29 is 27.9 Å². The second-order valence-corrected chi connectivity index (χ2v) is 11.6. The Hall–Kier alpha value is -2.99. The highest BCUT2D eigenvalue weighted by Gasteiger charge is 2.29. The Bertz CT molecular complexity index is 1050. The molecule has 0 aliphatic carbocycles. The van der Waals surface area contributed by atoms with Crippen molar-refractivity contribution in [1.29, 1.82) is 0 Å². The zero-order chi connectivity index (χ0) is 28.2. The van der Waals surface area contributed by atoms with Crippen LogP contribution in [0.3, 0.4) is 0 Å². The smallest absolute Gasteiger partial charge is 0.422 e. The minimum Gasteiger partial charge on any atom is -0.443 e. The molecule has 4 rings (SSSR count). The number of rotatable bonds is 7. The van der Waals surface area contributed by atoms with Crippen LogP contribution in [0.2, 0.25) is 0 Å². The summed E-state index contributed by atoms with van der Waals surface area (Å²) in [5, 5.41) is 6.86. The van der Waals surface area contributed by atoms with Crippen LogP contribution in [0.5, 0.6) is 0 Å². The quantitative estimate of drug-likeness (QED) is 0.445. The van der Waals surface area contributed by atoms with Gasteiger partial charge in [-0.3, -0.25) is 25.2 Å². The Morgan fingerprint density at radius 3 is 2.36 bits per heavy atom. The molecule has 3 heterocycles. The van der Waals surface area contributed by atoms with Gasteiger partial charge in [0.05, 0.1) is 11.4 Å². The van der Waals surface area contributed by atoms with Crippen molar-refractivity contribution >= 4 is 29.3 Å². The van der Waals surface area contributed by atoms with Gasteiger partial charge in [-0.25, -0.2) is 18.6 Å². The van der Waals surface area contributed by atoms with Crippen LogP contribution >= 0.6 is 0 Å². The Morgan fingerprint density at radius 1 is 1.03 bits per heavy atom. The van der Waals surface area contributed by atoms with E-state index in [4.69, 9.17) is 4.74 Å². The van der Waals surface area contributed by atoms with Crippen LogP contribution in [0.15, 0.2) is 12.1 Å². The largest absolute Gasteiger partial charge is 0.443 e. The molecule has 1 unspecified atom stereocenters. The maximum Gasteiger partial charge on any atom is 0.422 e. The number of nitrogens with zero attached hydrogens (tertiary/aromatic N) is 3. The van der Waals surface area contributed by atoms with Crippen LogP contribution in [-0.2, 0) is 14.3 Å². The highest BCUT2D eigenvalue weighted by Crippen LogP contribution is 2.28. The first-order valence-electron chi connectivity index (χ1n) is 13.8. The molecule has 3 amide bonds. The van der Waals surface area contributed by atoms with Gasteiger partial charge in [0.25, 0.3) is 0 Å². The first kappa shape index (κ1) is 29.0. The van der Waals surface area contributed by atoms with Gasteiger partial charge in [0, 0.05) is 57.8 Å². The van der Waals surface area contributed by atoms with Crippen LogP contribution < -0.4 is 21.0 Å². The van der Waals surface area contributed by atoms with Crippen molar-refractivity contribution in [2.45, 2.75) is 64.5 Å². The van der Waals surface area contributed by atoms with Crippen LogP contribution in [-0.4, -0.2) is 85.3 Å². The Kier molecular flexibility index (Phi) is 9.27. The molecule has 3 aliphatic heterocycles. The number of carbonyl (C=O) groups excluding carboxylic acids is 3. The second-order valence-electron chi connectivity index (χ2n) is 11.6. The van der Waals surface area contributed by atoms with Gasteiger partial charge >= 0.3 is 6.09 Å². The molecular formula is C27H40F2N6O4. The predicted octanol–water partition coefficient (Wildman–Crippen LogP) is 2.85. The standard InChI is InChI=1S/C27H40F2N6O4/c1-27(2,3)39-26(38)32-35-10-7-18(8-11-35)6-9-33-12-14-34(15-13-33)23-17-19(28)22(16-20(23)29)30-21-4-5-24(36)31-25(21)37/h16-18,21,30H,4-15H2,1-3H3,(H,32,38)(H,31,36,37). The van der Waals surface area contributed by atoms with Crippen molar-refractivity contribution in [2.75, 3.05) is 56.0 Å². The van der Waals surface area contributed by atoms with Gasteiger partial charge in [0.15, 0.2) is 0 Å². The summed E-state index contributed by atoms with van der Waals surface area (Å²) in [6.45, 7) is 10.8. The Morgan fingerprint density at radius 2 is 1.72 bits per heavy atom. The van der Waals surface area contributed by atoms with Crippen LogP contribution in [0, 0.1) is 17.6 Å². The molecular weight excluding hydrogens is 510 g/mol. The maximum atomic E-state index is 15.0. The first-order chi connectivity index (χ1) is 18.5. The molecule has 1 atom stereocenters. The zero-order valence-corrected chi connectivity index (χ0v) is 23.0. The molecule has 10 nitrogen and oxygen atoms in total. The third kappa shape index (κ3) is 8.25. The first-order valence-corrected chi connectivity index (χ1v) is 13.8. The lowest BCUT2D eigenvalue weighted by molar-refractivity contribution is -0.133. The van der Waals surface area contributed by atoms with Gasteiger partial charge in [0.2, 0.25) is 11.8 Å². The van der Waals surface area contributed by atoms with E-state index in [1.54, 1.807) is 0 Å². The van der Waals surface area contributed by atoms with Gasteiger partial charge in [0.1, 0.15) is 23.3 Å². The number of nitrogens with one attached hydrogen (secondary N) is 3. The summed E-state index contributed by atoms with van der Waals surface area (Å²) in [6, 6.07) is 1.49. The molecule has 0 radical (unpaired) electrons. The Balaban J connectivity index is 1.19. The molecule has 39 heavy (non-hydrogen) atoms. The summed E-state index contributed by atoms with van der Waals surface area (Å²) in [4.78, 5) is 39.4. The second kappa shape index (κ2) is 12.5. The molecule has 3 N–H and O–H groups in total. The SMILES string of the molecule is CC(C)(C)OC(=O)NN1CCC(CCN2CCN(c3cc(F)c(NC4CCC(=O)NC4=O)cc3F)CC2)CC1. The van der Waals surface area contributed by atoms with E-state index in [0.717, 1.165) is 58.1 Å². The zero-order valence-electron chi connectivity index (χ0n) is 23.0. The van der Waals surface area contributed by atoms with E-state index in [9.17, 15) is 23.2 Å².